The van der Waals surface area contributed by atoms with Gasteiger partial charge in [0.25, 0.3) is 0 Å². The number of anilines is 1. The molecule has 1 heterocycles. The fourth-order valence-electron chi connectivity index (χ4n) is 1.14. The lowest BCUT2D eigenvalue weighted by atomic mass is 10.4. The average Bonchev–Trinajstić information content (AvgIpc) is 2.15. The third-order valence-electron chi connectivity index (χ3n) is 1.83. The van der Waals surface area contributed by atoms with Crippen molar-refractivity contribution in [3.8, 4) is 0 Å². The highest BCUT2D eigenvalue weighted by atomic mass is 16.5. The van der Waals surface area contributed by atoms with E-state index in [9.17, 15) is 0 Å². The highest BCUT2D eigenvalue weighted by Gasteiger charge is 2.00. The van der Waals surface area contributed by atoms with E-state index < -0.39 is 0 Å². The largest absolute Gasteiger partial charge is 0.377 e. The highest BCUT2D eigenvalue weighted by Crippen LogP contribution is 2.03. The van der Waals surface area contributed by atoms with Crippen LogP contribution in [0.5, 0.6) is 0 Å². The van der Waals surface area contributed by atoms with Gasteiger partial charge in [0, 0.05) is 24.9 Å². The maximum Gasteiger partial charge on any atom is 0.129 e. The Morgan fingerprint density at radius 2 is 2.29 bits per heavy atom. The SMILES string of the molecule is CCOC(C)CNc1cc(C)ncn1. The van der Waals surface area contributed by atoms with Crippen molar-refractivity contribution in [3.05, 3.63) is 18.1 Å². The highest BCUT2D eigenvalue weighted by molar-refractivity contribution is 5.34. The zero-order valence-corrected chi connectivity index (χ0v) is 8.95. The number of ether oxygens (including phenoxy) is 1. The third kappa shape index (κ3) is 3.70. The summed E-state index contributed by atoms with van der Waals surface area (Å²) in [4.78, 5) is 8.11. The van der Waals surface area contributed by atoms with Crippen molar-refractivity contribution in [2.75, 3.05) is 18.5 Å². The van der Waals surface area contributed by atoms with Gasteiger partial charge in [0.1, 0.15) is 12.1 Å². The molecule has 1 rings (SSSR count). The molecule has 4 heteroatoms. The van der Waals surface area contributed by atoms with E-state index >= 15 is 0 Å². The first kappa shape index (κ1) is 10.9. The molecule has 1 N–H and O–H groups in total. The molecule has 0 aliphatic heterocycles. The average molecular weight is 195 g/mol. The molecule has 4 nitrogen and oxygen atoms in total. The van der Waals surface area contributed by atoms with Crippen LogP contribution in [0.1, 0.15) is 19.5 Å². The monoisotopic (exact) mass is 195 g/mol. The molecule has 0 aromatic carbocycles. The topological polar surface area (TPSA) is 47.0 Å². The summed E-state index contributed by atoms with van der Waals surface area (Å²) in [6, 6.07) is 1.92. The van der Waals surface area contributed by atoms with Crippen molar-refractivity contribution < 1.29 is 4.74 Å². The summed E-state index contributed by atoms with van der Waals surface area (Å²) in [5.41, 5.74) is 0.964. The van der Waals surface area contributed by atoms with Crippen LogP contribution in [0.3, 0.4) is 0 Å². The van der Waals surface area contributed by atoms with Crippen LogP contribution in [0.15, 0.2) is 12.4 Å². The Labute approximate surface area is 84.7 Å². The molecule has 0 amide bonds. The van der Waals surface area contributed by atoms with E-state index in [4.69, 9.17) is 4.74 Å². The van der Waals surface area contributed by atoms with Gasteiger partial charge in [0.05, 0.1) is 6.10 Å². The maximum atomic E-state index is 5.39. The van der Waals surface area contributed by atoms with Crippen LogP contribution in [-0.2, 0) is 4.74 Å². The molecule has 1 aromatic heterocycles. The minimum Gasteiger partial charge on any atom is -0.377 e. The summed E-state index contributed by atoms with van der Waals surface area (Å²) < 4.78 is 5.39. The molecule has 78 valence electrons. The minimum absolute atomic E-state index is 0.204. The van der Waals surface area contributed by atoms with Gasteiger partial charge in [-0.05, 0) is 20.8 Å². The van der Waals surface area contributed by atoms with Crippen LogP contribution in [0.25, 0.3) is 0 Å². The molecule has 0 aliphatic rings. The minimum atomic E-state index is 0.204. The molecule has 0 bridgehead atoms. The summed E-state index contributed by atoms with van der Waals surface area (Å²) in [7, 11) is 0. The predicted molar refractivity (Wildman–Crippen MR) is 56.3 cm³/mol. The first-order valence-corrected chi connectivity index (χ1v) is 4.86. The van der Waals surface area contributed by atoms with E-state index in [1.165, 1.54) is 0 Å². The Balaban J connectivity index is 2.37. The Hall–Kier alpha value is -1.16. The zero-order chi connectivity index (χ0) is 10.4. The second-order valence-electron chi connectivity index (χ2n) is 3.19. The van der Waals surface area contributed by atoms with Gasteiger partial charge in [-0.15, -0.1) is 0 Å². The number of rotatable bonds is 5. The van der Waals surface area contributed by atoms with E-state index in [-0.39, 0.29) is 6.10 Å². The zero-order valence-electron chi connectivity index (χ0n) is 8.95. The Morgan fingerprint density at radius 1 is 1.50 bits per heavy atom. The summed E-state index contributed by atoms with van der Waals surface area (Å²) in [6.07, 6.45) is 1.76. The number of hydrogen-bond acceptors (Lipinski definition) is 4. The maximum absolute atomic E-state index is 5.39. The number of aromatic nitrogens is 2. The molecule has 0 saturated heterocycles. The van der Waals surface area contributed by atoms with Crippen molar-refractivity contribution >= 4 is 5.82 Å². The lowest BCUT2D eigenvalue weighted by Gasteiger charge is -2.12. The van der Waals surface area contributed by atoms with Gasteiger partial charge in [-0.25, -0.2) is 9.97 Å². The number of aryl methyl sites for hydroxylation is 1. The van der Waals surface area contributed by atoms with Crippen LogP contribution < -0.4 is 5.32 Å². The van der Waals surface area contributed by atoms with Crippen molar-refractivity contribution in [1.82, 2.24) is 9.97 Å². The Morgan fingerprint density at radius 3 is 2.93 bits per heavy atom. The van der Waals surface area contributed by atoms with Crippen LogP contribution in [-0.4, -0.2) is 29.2 Å². The lowest BCUT2D eigenvalue weighted by molar-refractivity contribution is 0.0855. The fourth-order valence-corrected chi connectivity index (χ4v) is 1.14. The smallest absolute Gasteiger partial charge is 0.129 e. The van der Waals surface area contributed by atoms with Crippen LogP contribution in [0.4, 0.5) is 5.82 Å². The molecule has 0 aliphatic carbocycles. The molecule has 1 unspecified atom stereocenters. The first-order valence-electron chi connectivity index (χ1n) is 4.86. The molecule has 0 spiro atoms. The predicted octanol–water partition coefficient (Wildman–Crippen LogP) is 1.62. The van der Waals surface area contributed by atoms with Crippen LogP contribution in [0, 0.1) is 6.92 Å². The van der Waals surface area contributed by atoms with Crippen LogP contribution in [0.2, 0.25) is 0 Å². The van der Waals surface area contributed by atoms with Crippen molar-refractivity contribution in [3.63, 3.8) is 0 Å². The van der Waals surface area contributed by atoms with Gasteiger partial charge in [-0.1, -0.05) is 0 Å². The van der Waals surface area contributed by atoms with Gasteiger partial charge in [0.2, 0.25) is 0 Å². The van der Waals surface area contributed by atoms with E-state index in [1.54, 1.807) is 6.33 Å². The molecular formula is C10H17N3O. The summed E-state index contributed by atoms with van der Waals surface area (Å²) in [5, 5.41) is 3.19. The van der Waals surface area contributed by atoms with E-state index in [2.05, 4.69) is 15.3 Å². The number of hydrogen-bond donors (Lipinski definition) is 1. The van der Waals surface area contributed by atoms with E-state index in [0.717, 1.165) is 24.7 Å². The second kappa shape index (κ2) is 5.54. The standard InChI is InChI=1S/C10H17N3O/c1-4-14-9(3)6-11-10-5-8(2)12-7-13-10/h5,7,9H,4,6H2,1-3H3,(H,11,12,13). The Bertz CT molecular complexity index is 278. The quantitative estimate of drug-likeness (QED) is 0.775. The van der Waals surface area contributed by atoms with Gasteiger partial charge >= 0.3 is 0 Å². The molecule has 1 atom stereocenters. The first-order chi connectivity index (χ1) is 6.72. The summed E-state index contributed by atoms with van der Waals surface area (Å²) in [6.45, 7) is 7.48. The fraction of sp³-hybridized carbons (Fsp3) is 0.600. The molecule has 0 radical (unpaired) electrons. The normalized spacial score (nSPS) is 12.5. The van der Waals surface area contributed by atoms with Crippen molar-refractivity contribution in [2.24, 2.45) is 0 Å². The van der Waals surface area contributed by atoms with Gasteiger partial charge < -0.3 is 10.1 Å². The molecule has 0 fully saturated rings. The van der Waals surface area contributed by atoms with E-state index in [1.807, 2.05) is 26.8 Å². The van der Waals surface area contributed by atoms with Crippen molar-refractivity contribution in [1.29, 1.82) is 0 Å². The molecule has 1 aromatic rings. The van der Waals surface area contributed by atoms with E-state index in [0.29, 0.717) is 0 Å². The summed E-state index contributed by atoms with van der Waals surface area (Å²) in [5.74, 6) is 0.851. The number of nitrogens with zero attached hydrogens (tertiary/aromatic N) is 2. The number of nitrogens with one attached hydrogen (secondary N) is 1. The Kier molecular flexibility index (Phi) is 4.32. The second-order valence-corrected chi connectivity index (χ2v) is 3.19. The molecule has 14 heavy (non-hydrogen) atoms. The lowest BCUT2D eigenvalue weighted by Crippen LogP contribution is -2.20. The van der Waals surface area contributed by atoms with Crippen molar-refractivity contribution in [2.45, 2.75) is 26.9 Å². The van der Waals surface area contributed by atoms with Gasteiger partial charge in [0.15, 0.2) is 0 Å². The van der Waals surface area contributed by atoms with Gasteiger partial charge in [-0.2, -0.15) is 0 Å². The molecular weight excluding hydrogens is 178 g/mol. The van der Waals surface area contributed by atoms with Crippen LogP contribution >= 0.6 is 0 Å². The third-order valence-corrected chi connectivity index (χ3v) is 1.83. The summed E-state index contributed by atoms with van der Waals surface area (Å²) >= 11 is 0. The van der Waals surface area contributed by atoms with Gasteiger partial charge in [-0.3, -0.25) is 0 Å². The molecule has 0 saturated carbocycles.